The summed E-state index contributed by atoms with van der Waals surface area (Å²) in [5, 5.41) is 8.92. The zero-order valence-corrected chi connectivity index (χ0v) is 39.9. The van der Waals surface area contributed by atoms with Crippen molar-refractivity contribution in [2.45, 2.75) is 231 Å². The SMILES string of the molecule is CC/C=C\C/C=C\C/C=C\CCCCCCCCOCC(COP(=O)(O)OCC(N)C(=O)O)OC(=O)CCCCCCCCCCCCC/C=C\CCCCCCCCCC. The van der Waals surface area contributed by atoms with Crippen molar-refractivity contribution in [2.75, 3.05) is 26.4 Å². The minimum absolute atomic E-state index is 0.00773. The highest BCUT2D eigenvalue weighted by Gasteiger charge is 2.27. The van der Waals surface area contributed by atoms with Gasteiger partial charge in [0.2, 0.25) is 0 Å². The van der Waals surface area contributed by atoms with Crippen LogP contribution in [-0.4, -0.2) is 60.5 Å². The van der Waals surface area contributed by atoms with Crippen molar-refractivity contribution in [1.82, 2.24) is 0 Å². The average molecular weight is 882 g/mol. The number of aliphatic carboxylic acids is 1. The fraction of sp³-hybridized carbons (Fsp3) is 0.800. The number of allylic oxidation sites excluding steroid dienone is 8. The van der Waals surface area contributed by atoms with E-state index < -0.39 is 45.1 Å². The second-order valence-electron chi connectivity index (χ2n) is 16.6. The highest BCUT2D eigenvalue weighted by molar-refractivity contribution is 7.47. The molecule has 0 saturated heterocycles. The molecule has 0 aliphatic heterocycles. The van der Waals surface area contributed by atoms with Crippen LogP contribution >= 0.6 is 7.82 Å². The number of carbonyl (C=O) groups is 2. The van der Waals surface area contributed by atoms with Crippen molar-refractivity contribution < 1.29 is 42.7 Å². The molecule has 0 radical (unpaired) electrons. The van der Waals surface area contributed by atoms with Crippen LogP contribution in [-0.2, 0) is 32.7 Å². The van der Waals surface area contributed by atoms with E-state index in [1.807, 2.05) is 0 Å². The number of ether oxygens (including phenoxy) is 2. The number of phosphoric acid groups is 1. The number of carboxylic acid groups (broad SMARTS) is 1. The summed E-state index contributed by atoms with van der Waals surface area (Å²) in [7, 11) is -4.62. The number of rotatable bonds is 47. The van der Waals surface area contributed by atoms with Crippen LogP contribution in [0, 0.1) is 0 Å². The zero-order valence-electron chi connectivity index (χ0n) is 39.0. The molecule has 356 valence electrons. The number of carbonyl (C=O) groups excluding carboxylic acids is 1. The summed E-state index contributed by atoms with van der Waals surface area (Å²) in [5.74, 6) is -1.78. The summed E-state index contributed by atoms with van der Waals surface area (Å²) in [6, 6.07) is -1.48. The van der Waals surface area contributed by atoms with Crippen LogP contribution in [0.25, 0.3) is 0 Å². The second kappa shape index (κ2) is 45.9. The first kappa shape index (κ1) is 58.9. The van der Waals surface area contributed by atoms with Crippen LogP contribution in [0.2, 0.25) is 0 Å². The summed E-state index contributed by atoms with van der Waals surface area (Å²) < 4.78 is 33.4. The topological polar surface area (TPSA) is 155 Å². The Labute approximate surface area is 373 Å². The summed E-state index contributed by atoms with van der Waals surface area (Å²) in [6.07, 6.45) is 54.6. The van der Waals surface area contributed by atoms with Gasteiger partial charge in [-0.3, -0.25) is 18.6 Å². The van der Waals surface area contributed by atoms with Gasteiger partial charge in [-0.15, -0.1) is 0 Å². The smallest absolute Gasteiger partial charge is 0.472 e. The van der Waals surface area contributed by atoms with Gasteiger partial charge < -0.3 is 25.2 Å². The molecule has 4 N–H and O–H groups in total. The van der Waals surface area contributed by atoms with Gasteiger partial charge in [-0.2, -0.15) is 0 Å². The fourth-order valence-electron chi connectivity index (χ4n) is 6.79. The van der Waals surface area contributed by atoms with Crippen molar-refractivity contribution in [3.05, 3.63) is 48.6 Å². The molecule has 0 aromatic heterocycles. The molecular weight excluding hydrogens is 790 g/mol. The molecule has 11 heteroatoms. The number of hydrogen-bond acceptors (Lipinski definition) is 8. The predicted molar refractivity (Wildman–Crippen MR) is 254 cm³/mol. The summed E-state index contributed by atoms with van der Waals surface area (Å²) in [4.78, 5) is 33.6. The molecule has 10 nitrogen and oxygen atoms in total. The van der Waals surface area contributed by atoms with Gasteiger partial charge in [-0.1, -0.05) is 191 Å². The third-order valence-electron chi connectivity index (χ3n) is 10.6. The lowest BCUT2D eigenvalue weighted by molar-refractivity contribution is -0.154. The maximum absolute atomic E-state index is 12.7. The quantitative estimate of drug-likeness (QED) is 0.0233. The normalized spacial score (nSPS) is 14.2. The lowest BCUT2D eigenvalue weighted by Crippen LogP contribution is -2.34. The Morgan fingerprint density at radius 2 is 0.951 bits per heavy atom. The Bertz CT molecular complexity index is 1160. The van der Waals surface area contributed by atoms with Gasteiger partial charge in [0.05, 0.1) is 19.8 Å². The van der Waals surface area contributed by atoms with E-state index in [-0.39, 0.29) is 13.0 Å². The van der Waals surface area contributed by atoms with Crippen molar-refractivity contribution in [3.8, 4) is 0 Å². The molecule has 0 fully saturated rings. The maximum Gasteiger partial charge on any atom is 0.472 e. The second-order valence-corrected chi connectivity index (χ2v) is 18.0. The fourth-order valence-corrected chi connectivity index (χ4v) is 7.57. The number of phosphoric ester groups is 1. The zero-order chi connectivity index (χ0) is 44.8. The van der Waals surface area contributed by atoms with Gasteiger partial charge >= 0.3 is 19.8 Å². The first-order chi connectivity index (χ1) is 29.7. The van der Waals surface area contributed by atoms with E-state index in [1.54, 1.807) is 0 Å². The van der Waals surface area contributed by atoms with Crippen molar-refractivity contribution in [3.63, 3.8) is 0 Å². The van der Waals surface area contributed by atoms with Crippen molar-refractivity contribution in [1.29, 1.82) is 0 Å². The van der Waals surface area contributed by atoms with E-state index in [0.29, 0.717) is 13.0 Å². The van der Waals surface area contributed by atoms with Crippen molar-refractivity contribution >= 4 is 19.8 Å². The molecule has 0 bridgehead atoms. The van der Waals surface area contributed by atoms with Gasteiger partial charge in [0.1, 0.15) is 12.1 Å². The minimum atomic E-state index is -4.62. The minimum Gasteiger partial charge on any atom is -0.480 e. The van der Waals surface area contributed by atoms with E-state index in [0.717, 1.165) is 64.2 Å². The number of unbranched alkanes of at least 4 members (excludes halogenated alkanes) is 25. The van der Waals surface area contributed by atoms with Crippen LogP contribution in [0.1, 0.15) is 219 Å². The van der Waals surface area contributed by atoms with E-state index in [1.165, 1.54) is 128 Å². The molecule has 3 unspecified atom stereocenters. The Hall–Kier alpha value is -2.07. The van der Waals surface area contributed by atoms with E-state index in [4.69, 9.17) is 29.4 Å². The third kappa shape index (κ3) is 45.8. The summed E-state index contributed by atoms with van der Waals surface area (Å²) in [5.41, 5.74) is 5.37. The van der Waals surface area contributed by atoms with E-state index >= 15 is 0 Å². The van der Waals surface area contributed by atoms with Crippen LogP contribution in [0.4, 0.5) is 0 Å². The van der Waals surface area contributed by atoms with Gasteiger partial charge in [-0.05, 0) is 70.6 Å². The Kier molecular flexibility index (Phi) is 44.4. The number of hydrogen-bond donors (Lipinski definition) is 3. The van der Waals surface area contributed by atoms with E-state index in [9.17, 15) is 19.0 Å². The van der Waals surface area contributed by atoms with Crippen LogP contribution in [0.3, 0.4) is 0 Å². The standard InChI is InChI=1S/C50H92NO9P/c1-3-5-7-9-11-13-15-17-19-21-22-23-24-25-26-27-28-30-32-34-36-38-40-42-49(52)60-47(45-58-61(55,56)59-46-48(51)50(53)54)44-57-43-41-39-37-35-33-31-29-20-18-16-14-12-10-8-6-4-2/h6,8,12,14,18,20-22,47-48H,3-5,7,9-11,13,15-17,19,23-46,51H2,1-2H3,(H,53,54)(H,55,56)/b8-6-,14-12-,20-18-,22-21-. The summed E-state index contributed by atoms with van der Waals surface area (Å²) >= 11 is 0. The first-order valence-electron chi connectivity index (χ1n) is 24.7. The molecule has 0 aromatic rings. The Balaban J connectivity index is 4.14. The van der Waals surface area contributed by atoms with Crippen LogP contribution < -0.4 is 5.73 Å². The molecule has 0 saturated carbocycles. The molecule has 0 rings (SSSR count). The monoisotopic (exact) mass is 882 g/mol. The Morgan fingerprint density at radius 3 is 1.44 bits per heavy atom. The van der Waals surface area contributed by atoms with Gasteiger partial charge in [-0.25, -0.2) is 4.57 Å². The maximum atomic E-state index is 12.7. The molecule has 3 atom stereocenters. The summed E-state index contributed by atoms with van der Waals surface area (Å²) in [6.45, 7) is 3.76. The number of esters is 1. The molecule has 0 aliphatic rings. The molecule has 0 spiro atoms. The van der Waals surface area contributed by atoms with Gasteiger partial charge in [0, 0.05) is 13.0 Å². The molecule has 61 heavy (non-hydrogen) atoms. The third-order valence-corrected chi connectivity index (χ3v) is 11.5. The van der Waals surface area contributed by atoms with Crippen LogP contribution in [0.5, 0.6) is 0 Å². The predicted octanol–water partition coefficient (Wildman–Crippen LogP) is 14.2. The molecule has 0 amide bonds. The molecular formula is C50H92NO9P. The van der Waals surface area contributed by atoms with E-state index in [2.05, 4.69) is 62.5 Å². The lowest BCUT2D eigenvalue weighted by Gasteiger charge is -2.20. The largest absolute Gasteiger partial charge is 0.480 e. The number of carboxylic acids is 1. The first-order valence-corrected chi connectivity index (χ1v) is 26.2. The molecule has 0 heterocycles. The Morgan fingerprint density at radius 1 is 0.541 bits per heavy atom. The average Bonchev–Trinajstić information content (AvgIpc) is 3.24. The van der Waals surface area contributed by atoms with Crippen LogP contribution in [0.15, 0.2) is 48.6 Å². The molecule has 0 aromatic carbocycles. The highest BCUT2D eigenvalue weighted by atomic mass is 31.2. The van der Waals surface area contributed by atoms with Gasteiger partial charge in [0.15, 0.2) is 0 Å². The van der Waals surface area contributed by atoms with Gasteiger partial charge in [0.25, 0.3) is 0 Å². The lowest BCUT2D eigenvalue weighted by atomic mass is 10.0. The number of nitrogens with two attached hydrogens (primary N) is 1. The highest BCUT2D eigenvalue weighted by Crippen LogP contribution is 2.43. The molecule has 0 aliphatic carbocycles. The van der Waals surface area contributed by atoms with Crippen molar-refractivity contribution in [2.24, 2.45) is 5.73 Å².